The number of carbonyl (C=O) groups is 1. The third-order valence-electron chi connectivity index (χ3n) is 3.96. The number of rotatable bonds is 4. The number of fused-ring (bicyclic) bond motifs is 1. The Morgan fingerprint density at radius 1 is 1.04 bits per heavy atom. The first-order valence-corrected chi connectivity index (χ1v) is 7.96. The number of alkyl halides is 3. The minimum absolute atomic E-state index is 0.124. The zero-order valence-electron chi connectivity index (χ0n) is 14.2. The van der Waals surface area contributed by atoms with Crippen LogP contribution in [0.5, 0.6) is 5.75 Å². The number of halogens is 3. The Hall–Kier alpha value is -3.35. The van der Waals surface area contributed by atoms with Crippen LogP contribution in [0.4, 0.5) is 13.2 Å². The second-order valence-corrected chi connectivity index (χ2v) is 5.68. The molecule has 27 heavy (non-hydrogen) atoms. The van der Waals surface area contributed by atoms with Gasteiger partial charge in [0.05, 0.1) is 18.9 Å². The van der Waals surface area contributed by atoms with Gasteiger partial charge in [0.15, 0.2) is 0 Å². The largest absolute Gasteiger partial charge is 0.496 e. The van der Waals surface area contributed by atoms with Gasteiger partial charge in [0, 0.05) is 16.5 Å². The number of nitrogens with zero attached hydrogens (tertiary/aromatic N) is 1. The number of hydrazone groups is 1. The fourth-order valence-corrected chi connectivity index (χ4v) is 2.65. The van der Waals surface area contributed by atoms with Gasteiger partial charge in [0.2, 0.25) is 0 Å². The number of carbonyl (C=O) groups excluding carboxylic acids is 1. The maximum Gasteiger partial charge on any atom is 0.416 e. The maximum atomic E-state index is 12.7. The van der Waals surface area contributed by atoms with Crippen LogP contribution >= 0.6 is 0 Å². The molecule has 0 aliphatic rings. The van der Waals surface area contributed by atoms with E-state index in [1.807, 2.05) is 24.3 Å². The van der Waals surface area contributed by atoms with E-state index in [4.69, 9.17) is 4.74 Å². The summed E-state index contributed by atoms with van der Waals surface area (Å²) in [5.41, 5.74) is 1.97. The molecule has 0 bridgehead atoms. The van der Waals surface area contributed by atoms with Gasteiger partial charge in [0.25, 0.3) is 5.91 Å². The molecule has 3 aromatic rings. The molecular weight excluding hydrogens is 357 g/mol. The molecule has 4 nitrogen and oxygen atoms in total. The van der Waals surface area contributed by atoms with Crippen molar-refractivity contribution in [3.63, 3.8) is 0 Å². The van der Waals surface area contributed by atoms with Gasteiger partial charge < -0.3 is 4.74 Å². The molecule has 0 aromatic heterocycles. The van der Waals surface area contributed by atoms with Crippen LogP contribution in [0, 0.1) is 0 Å². The summed E-state index contributed by atoms with van der Waals surface area (Å²) in [6, 6.07) is 15.2. The predicted molar refractivity (Wildman–Crippen MR) is 97.0 cm³/mol. The Morgan fingerprint density at radius 2 is 1.78 bits per heavy atom. The molecular formula is C20H15F3N2O2. The van der Waals surface area contributed by atoms with E-state index in [1.54, 1.807) is 19.2 Å². The van der Waals surface area contributed by atoms with Gasteiger partial charge in [-0.1, -0.05) is 30.3 Å². The molecule has 1 amide bonds. The SMILES string of the molecule is COc1ccc(/C=N\NC(=O)c2cccc(C(F)(F)F)c2)c2ccccc12. The standard InChI is InChI=1S/C20H15F3N2O2/c1-27-18-10-9-14(16-7-2-3-8-17(16)18)12-24-25-19(26)13-5-4-6-15(11-13)20(21,22)23/h2-12H,1H3,(H,25,26)/b24-12-. The molecule has 7 heteroatoms. The average Bonchev–Trinajstić information content (AvgIpc) is 2.67. The molecule has 0 fully saturated rings. The molecule has 0 saturated heterocycles. The monoisotopic (exact) mass is 372 g/mol. The lowest BCUT2D eigenvalue weighted by Crippen LogP contribution is -2.18. The predicted octanol–water partition coefficient (Wildman–Crippen LogP) is 4.63. The molecule has 0 heterocycles. The van der Waals surface area contributed by atoms with Crippen LogP contribution in [-0.2, 0) is 6.18 Å². The zero-order valence-corrected chi connectivity index (χ0v) is 14.2. The van der Waals surface area contributed by atoms with E-state index in [-0.39, 0.29) is 5.56 Å². The van der Waals surface area contributed by atoms with Crippen LogP contribution < -0.4 is 10.2 Å². The Balaban J connectivity index is 1.80. The summed E-state index contributed by atoms with van der Waals surface area (Å²) in [5, 5.41) is 5.62. The number of ether oxygens (including phenoxy) is 1. The summed E-state index contributed by atoms with van der Waals surface area (Å²) in [6.45, 7) is 0. The second-order valence-electron chi connectivity index (χ2n) is 5.68. The average molecular weight is 372 g/mol. The highest BCUT2D eigenvalue weighted by Crippen LogP contribution is 2.29. The van der Waals surface area contributed by atoms with Gasteiger partial charge >= 0.3 is 6.18 Å². The summed E-state index contributed by atoms with van der Waals surface area (Å²) < 4.78 is 43.5. The summed E-state index contributed by atoms with van der Waals surface area (Å²) in [4.78, 5) is 12.1. The van der Waals surface area contributed by atoms with Crippen molar-refractivity contribution in [2.75, 3.05) is 7.11 Å². The van der Waals surface area contributed by atoms with Gasteiger partial charge in [0.1, 0.15) is 5.75 Å². The fourth-order valence-electron chi connectivity index (χ4n) is 2.65. The Bertz CT molecular complexity index is 1010. The van der Waals surface area contributed by atoms with Crippen molar-refractivity contribution in [3.8, 4) is 5.75 Å². The molecule has 0 atom stereocenters. The van der Waals surface area contributed by atoms with Crippen molar-refractivity contribution < 1.29 is 22.7 Å². The highest BCUT2D eigenvalue weighted by molar-refractivity contribution is 6.03. The van der Waals surface area contributed by atoms with Crippen molar-refractivity contribution in [3.05, 3.63) is 77.4 Å². The fraction of sp³-hybridized carbons (Fsp3) is 0.100. The molecule has 0 aliphatic heterocycles. The number of methoxy groups -OCH3 is 1. The molecule has 3 aromatic carbocycles. The molecule has 138 valence electrons. The Morgan fingerprint density at radius 3 is 2.48 bits per heavy atom. The lowest BCUT2D eigenvalue weighted by atomic mass is 10.0. The first-order chi connectivity index (χ1) is 12.9. The van der Waals surface area contributed by atoms with Crippen molar-refractivity contribution in [1.82, 2.24) is 5.43 Å². The number of amides is 1. The van der Waals surface area contributed by atoms with E-state index in [9.17, 15) is 18.0 Å². The van der Waals surface area contributed by atoms with Gasteiger partial charge in [-0.15, -0.1) is 0 Å². The van der Waals surface area contributed by atoms with Crippen molar-refractivity contribution in [1.29, 1.82) is 0 Å². The summed E-state index contributed by atoms with van der Waals surface area (Å²) in [6.07, 6.45) is -3.07. The van der Waals surface area contributed by atoms with Crippen LogP contribution in [0.3, 0.4) is 0 Å². The second kappa shape index (κ2) is 7.49. The van der Waals surface area contributed by atoms with Crippen molar-refractivity contribution in [2.45, 2.75) is 6.18 Å². The van der Waals surface area contributed by atoms with Crippen LogP contribution in [0.25, 0.3) is 10.8 Å². The molecule has 1 N–H and O–H groups in total. The third kappa shape index (κ3) is 4.08. The lowest BCUT2D eigenvalue weighted by molar-refractivity contribution is -0.137. The van der Waals surface area contributed by atoms with Crippen molar-refractivity contribution in [2.24, 2.45) is 5.10 Å². The highest BCUT2D eigenvalue weighted by atomic mass is 19.4. The topological polar surface area (TPSA) is 50.7 Å². The van der Waals surface area contributed by atoms with E-state index >= 15 is 0 Å². The van der Waals surface area contributed by atoms with Gasteiger partial charge in [-0.25, -0.2) is 5.43 Å². The van der Waals surface area contributed by atoms with Crippen molar-refractivity contribution >= 4 is 22.9 Å². The minimum Gasteiger partial charge on any atom is -0.496 e. The highest BCUT2D eigenvalue weighted by Gasteiger charge is 2.30. The number of nitrogens with one attached hydrogen (secondary N) is 1. The third-order valence-corrected chi connectivity index (χ3v) is 3.96. The number of benzene rings is 3. The number of hydrogen-bond acceptors (Lipinski definition) is 3. The van der Waals surface area contributed by atoms with Crippen LogP contribution in [-0.4, -0.2) is 19.2 Å². The molecule has 0 saturated carbocycles. The Kier molecular flexibility index (Phi) is 5.12. The van der Waals surface area contributed by atoms with Gasteiger partial charge in [-0.05, 0) is 35.7 Å². The summed E-state index contributed by atoms with van der Waals surface area (Å²) >= 11 is 0. The van der Waals surface area contributed by atoms with E-state index in [2.05, 4.69) is 10.5 Å². The van der Waals surface area contributed by atoms with Gasteiger partial charge in [-0.3, -0.25) is 4.79 Å². The molecule has 0 unspecified atom stereocenters. The van der Waals surface area contributed by atoms with E-state index in [0.717, 1.165) is 28.5 Å². The first-order valence-electron chi connectivity index (χ1n) is 7.96. The smallest absolute Gasteiger partial charge is 0.416 e. The first kappa shape index (κ1) is 18.4. The Labute approximate surface area is 153 Å². The molecule has 3 rings (SSSR count). The normalized spacial score (nSPS) is 11.7. The van der Waals surface area contributed by atoms with Gasteiger partial charge in [-0.2, -0.15) is 18.3 Å². The lowest BCUT2D eigenvalue weighted by Gasteiger charge is -2.08. The van der Waals surface area contributed by atoms with E-state index in [0.29, 0.717) is 5.75 Å². The van der Waals surface area contributed by atoms with Crippen LogP contribution in [0.2, 0.25) is 0 Å². The van der Waals surface area contributed by atoms with Crippen LogP contribution in [0.1, 0.15) is 21.5 Å². The van der Waals surface area contributed by atoms with Crippen LogP contribution in [0.15, 0.2) is 65.8 Å². The molecule has 0 radical (unpaired) electrons. The summed E-state index contributed by atoms with van der Waals surface area (Å²) in [7, 11) is 1.57. The quantitative estimate of drug-likeness (QED) is 0.536. The number of hydrogen-bond donors (Lipinski definition) is 1. The minimum atomic E-state index is -4.51. The summed E-state index contributed by atoms with van der Waals surface area (Å²) in [5.74, 6) is -0.0223. The molecule has 0 spiro atoms. The molecule has 0 aliphatic carbocycles. The maximum absolute atomic E-state index is 12.7. The zero-order chi connectivity index (χ0) is 19.4. The van der Waals surface area contributed by atoms with E-state index < -0.39 is 17.6 Å². The van der Waals surface area contributed by atoms with E-state index in [1.165, 1.54) is 18.3 Å².